The molecule has 166 valence electrons. The molecule has 1 aliphatic heterocycles. The Hall–Kier alpha value is -2.54. The third-order valence-corrected chi connectivity index (χ3v) is 6.45. The molecule has 7 heteroatoms. The van der Waals surface area contributed by atoms with E-state index in [2.05, 4.69) is 45.0 Å². The van der Waals surface area contributed by atoms with Crippen LogP contribution in [0.4, 0.5) is 11.6 Å². The van der Waals surface area contributed by atoms with Gasteiger partial charge in [-0.3, -0.25) is 14.7 Å². The maximum absolute atomic E-state index is 13.4. The van der Waals surface area contributed by atoms with E-state index >= 15 is 0 Å². The second kappa shape index (κ2) is 10.2. The van der Waals surface area contributed by atoms with Crippen LogP contribution in [0.25, 0.3) is 0 Å². The maximum Gasteiger partial charge on any atom is 0.237 e. The van der Waals surface area contributed by atoms with Gasteiger partial charge in [0, 0.05) is 24.5 Å². The summed E-state index contributed by atoms with van der Waals surface area (Å²) in [6.07, 6.45) is 13.2. The van der Waals surface area contributed by atoms with Crippen LogP contribution >= 0.6 is 0 Å². The van der Waals surface area contributed by atoms with E-state index in [-0.39, 0.29) is 18.0 Å². The van der Waals surface area contributed by atoms with Crippen LogP contribution in [0.15, 0.2) is 36.8 Å². The largest absolute Gasteiger partial charge is 0.336 e. The number of nitrogens with one attached hydrogen (secondary N) is 1. The Morgan fingerprint density at radius 3 is 2.71 bits per heavy atom. The third-order valence-electron chi connectivity index (χ3n) is 6.45. The fourth-order valence-corrected chi connectivity index (χ4v) is 5.08. The van der Waals surface area contributed by atoms with Crippen molar-refractivity contribution in [3.05, 3.63) is 42.5 Å². The highest BCUT2D eigenvalue weighted by Crippen LogP contribution is 2.32. The van der Waals surface area contributed by atoms with Crippen LogP contribution in [-0.2, 0) is 4.79 Å². The molecule has 2 aromatic heterocycles. The number of anilines is 2. The van der Waals surface area contributed by atoms with E-state index in [4.69, 9.17) is 4.98 Å². The van der Waals surface area contributed by atoms with Crippen molar-refractivity contribution in [2.24, 2.45) is 0 Å². The molecule has 7 nitrogen and oxygen atoms in total. The van der Waals surface area contributed by atoms with Gasteiger partial charge < -0.3 is 10.2 Å². The monoisotopic (exact) mass is 422 g/mol. The van der Waals surface area contributed by atoms with Crippen molar-refractivity contribution in [3.63, 3.8) is 0 Å². The minimum absolute atomic E-state index is 0.174. The minimum Gasteiger partial charge on any atom is -0.336 e. The van der Waals surface area contributed by atoms with Crippen LogP contribution < -0.4 is 5.32 Å². The zero-order valence-corrected chi connectivity index (χ0v) is 18.7. The Labute approximate surface area is 185 Å². The first kappa shape index (κ1) is 21.7. The quantitative estimate of drug-likeness (QED) is 0.716. The van der Waals surface area contributed by atoms with Gasteiger partial charge in [-0.15, -0.1) is 0 Å². The van der Waals surface area contributed by atoms with Gasteiger partial charge in [-0.25, -0.2) is 9.97 Å². The van der Waals surface area contributed by atoms with Crippen LogP contribution in [0.3, 0.4) is 0 Å². The third kappa shape index (κ3) is 5.39. The molecule has 1 atom stereocenters. The molecule has 4 rings (SSSR count). The average Bonchev–Trinajstić information content (AvgIpc) is 3.23. The summed E-state index contributed by atoms with van der Waals surface area (Å²) in [6.45, 7) is 5.72. The fourth-order valence-electron chi connectivity index (χ4n) is 5.08. The standard InChI is InChI=1S/C24H34N6O/c1-18(2)30(19-8-4-3-5-9-19)24(31)17-29-15-7-11-21(29)20-10-6-12-22(27-20)28-23-16-25-13-14-26-23/h6,10,12-14,16,18-19,21H,3-5,7-9,11,15,17H2,1-2H3,(H,26,27,28)/t21-/m0/s1. The average molecular weight is 423 g/mol. The Morgan fingerprint density at radius 1 is 1.13 bits per heavy atom. The van der Waals surface area contributed by atoms with Gasteiger partial charge in [0.25, 0.3) is 0 Å². The summed E-state index contributed by atoms with van der Waals surface area (Å²) in [5.41, 5.74) is 1.01. The normalized spacial score (nSPS) is 20.2. The highest BCUT2D eigenvalue weighted by molar-refractivity contribution is 5.79. The van der Waals surface area contributed by atoms with E-state index < -0.39 is 0 Å². The Morgan fingerprint density at radius 2 is 1.97 bits per heavy atom. The molecule has 0 unspecified atom stereocenters. The predicted molar refractivity (Wildman–Crippen MR) is 122 cm³/mol. The lowest BCUT2D eigenvalue weighted by atomic mass is 9.93. The van der Waals surface area contributed by atoms with Gasteiger partial charge in [-0.2, -0.15) is 0 Å². The summed E-state index contributed by atoms with van der Waals surface area (Å²) in [7, 11) is 0. The highest BCUT2D eigenvalue weighted by Gasteiger charge is 2.33. The maximum atomic E-state index is 13.4. The van der Waals surface area contributed by atoms with E-state index in [0.717, 1.165) is 43.7 Å². The zero-order valence-electron chi connectivity index (χ0n) is 18.7. The molecule has 1 saturated heterocycles. The van der Waals surface area contributed by atoms with Gasteiger partial charge in [0.15, 0.2) is 0 Å². The van der Waals surface area contributed by atoms with E-state index in [0.29, 0.717) is 18.4 Å². The lowest BCUT2D eigenvalue weighted by Crippen LogP contribution is -2.49. The van der Waals surface area contributed by atoms with Gasteiger partial charge >= 0.3 is 0 Å². The van der Waals surface area contributed by atoms with Crippen molar-refractivity contribution in [2.75, 3.05) is 18.4 Å². The van der Waals surface area contributed by atoms with E-state index in [9.17, 15) is 4.79 Å². The smallest absolute Gasteiger partial charge is 0.237 e. The van der Waals surface area contributed by atoms with Crippen LogP contribution in [-0.4, -0.2) is 55.8 Å². The van der Waals surface area contributed by atoms with E-state index in [1.165, 1.54) is 19.3 Å². The number of aromatic nitrogens is 3. The molecule has 2 aliphatic rings. The van der Waals surface area contributed by atoms with Crippen molar-refractivity contribution >= 4 is 17.5 Å². The molecule has 31 heavy (non-hydrogen) atoms. The lowest BCUT2D eigenvalue weighted by molar-refractivity contribution is -0.137. The number of pyridine rings is 1. The molecule has 1 amide bonds. The second-order valence-electron chi connectivity index (χ2n) is 8.98. The van der Waals surface area contributed by atoms with Crippen LogP contribution in [0.5, 0.6) is 0 Å². The molecular weight excluding hydrogens is 388 g/mol. The summed E-state index contributed by atoms with van der Waals surface area (Å²) >= 11 is 0. The fraction of sp³-hybridized carbons (Fsp3) is 0.583. The van der Waals surface area contributed by atoms with Crippen LogP contribution in [0, 0.1) is 0 Å². The van der Waals surface area contributed by atoms with Crippen molar-refractivity contribution in [1.82, 2.24) is 24.8 Å². The number of hydrogen-bond donors (Lipinski definition) is 1. The number of carbonyl (C=O) groups excluding carboxylic acids is 1. The number of nitrogens with zero attached hydrogens (tertiary/aromatic N) is 5. The number of likely N-dealkylation sites (tertiary alicyclic amines) is 1. The molecule has 1 saturated carbocycles. The van der Waals surface area contributed by atoms with Gasteiger partial charge in [0.05, 0.1) is 24.5 Å². The van der Waals surface area contributed by atoms with Crippen LogP contribution in [0.2, 0.25) is 0 Å². The van der Waals surface area contributed by atoms with Crippen LogP contribution in [0.1, 0.15) is 70.5 Å². The van der Waals surface area contributed by atoms with Crippen molar-refractivity contribution in [1.29, 1.82) is 0 Å². The number of rotatable bonds is 7. The summed E-state index contributed by atoms with van der Waals surface area (Å²) in [6, 6.07) is 6.84. The predicted octanol–water partition coefficient (Wildman–Crippen LogP) is 4.32. The van der Waals surface area contributed by atoms with E-state index in [1.54, 1.807) is 18.6 Å². The molecule has 0 bridgehead atoms. The van der Waals surface area contributed by atoms with E-state index in [1.807, 2.05) is 12.1 Å². The summed E-state index contributed by atoms with van der Waals surface area (Å²) in [4.78, 5) is 31.0. The summed E-state index contributed by atoms with van der Waals surface area (Å²) < 4.78 is 0. The molecule has 1 aliphatic carbocycles. The molecule has 1 N–H and O–H groups in total. The minimum atomic E-state index is 0.174. The summed E-state index contributed by atoms with van der Waals surface area (Å²) in [5.74, 6) is 1.69. The molecule has 0 spiro atoms. The summed E-state index contributed by atoms with van der Waals surface area (Å²) in [5, 5.41) is 3.22. The molecule has 0 aromatic carbocycles. The second-order valence-corrected chi connectivity index (χ2v) is 8.98. The highest BCUT2D eigenvalue weighted by atomic mass is 16.2. The molecule has 3 heterocycles. The van der Waals surface area contributed by atoms with Gasteiger partial charge in [0.2, 0.25) is 5.91 Å². The van der Waals surface area contributed by atoms with Gasteiger partial charge in [-0.1, -0.05) is 25.3 Å². The van der Waals surface area contributed by atoms with Crippen molar-refractivity contribution in [3.8, 4) is 0 Å². The molecule has 2 fully saturated rings. The van der Waals surface area contributed by atoms with Crippen molar-refractivity contribution in [2.45, 2.75) is 76.9 Å². The van der Waals surface area contributed by atoms with Gasteiger partial charge in [0.1, 0.15) is 11.6 Å². The molecular formula is C24H34N6O. The topological polar surface area (TPSA) is 74.2 Å². The first-order chi connectivity index (χ1) is 15.1. The van der Waals surface area contributed by atoms with Crippen molar-refractivity contribution < 1.29 is 4.79 Å². The SMILES string of the molecule is CC(C)N(C(=O)CN1CCC[C@H]1c1cccc(Nc2cnccn2)n1)C1CCCCC1. The number of amides is 1. The van der Waals surface area contributed by atoms with Gasteiger partial charge in [-0.05, 0) is 58.2 Å². The molecule has 2 aromatic rings. The first-order valence-corrected chi connectivity index (χ1v) is 11.7. The zero-order chi connectivity index (χ0) is 21.6. The molecule has 0 radical (unpaired) electrons. The number of hydrogen-bond acceptors (Lipinski definition) is 6. The Balaban J connectivity index is 1.45. The number of carbonyl (C=O) groups is 1. The first-order valence-electron chi connectivity index (χ1n) is 11.7. The Kier molecular flexibility index (Phi) is 7.12. The Bertz CT molecular complexity index is 852. The lowest BCUT2D eigenvalue weighted by Gasteiger charge is -2.38.